The van der Waals surface area contributed by atoms with E-state index in [9.17, 15) is 9.59 Å². The van der Waals surface area contributed by atoms with Crippen LogP contribution in [0.2, 0.25) is 5.02 Å². The number of aryl methyl sites for hydroxylation is 1. The average molecular weight is 573 g/mol. The minimum Gasteiger partial charge on any atom is -0.497 e. The predicted octanol–water partition coefficient (Wildman–Crippen LogP) is 6.42. The van der Waals surface area contributed by atoms with Crippen LogP contribution in [0, 0.1) is 13.8 Å². The summed E-state index contributed by atoms with van der Waals surface area (Å²) >= 11 is 6.21. The Morgan fingerprint density at radius 2 is 1.49 bits per heavy atom. The van der Waals surface area contributed by atoms with Gasteiger partial charge in [-0.25, -0.2) is 4.79 Å². The van der Waals surface area contributed by atoms with Crippen molar-refractivity contribution in [1.29, 1.82) is 0 Å². The Hall–Kier alpha value is -4.43. The number of carbonyl (C=O) groups excluding carboxylic acids is 2. The molecule has 41 heavy (non-hydrogen) atoms. The first-order chi connectivity index (χ1) is 19.8. The number of hydrogen-bond acceptors (Lipinski definition) is 4. The van der Waals surface area contributed by atoms with Crippen LogP contribution in [0.4, 0.5) is 10.5 Å². The number of hydrogen-bond donors (Lipinski definition) is 1. The molecule has 1 fully saturated rings. The first-order valence-electron chi connectivity index (χ1n) is 13.4. The van der Waals surface area contributed by atoms with Gasteiger partial charge in [0.25, 0.3) is 5.91 Å². The maximum atomic E-state index is 13.8. The van der Waals surface area contributed by atoms with Gasteiger partial charge in [-0.3, -0.25) is 4.79 Å². The van der Waals surface area contributed by atoms with E-state index >= 15 is 0 Å². The van der Waals surface area contributed by atoms with Gasteiger partial charge in [0.15, 0.2) is 0 Å². The van der Waals surface area contributed by atoms with E-state index in [1.54, 1.807) is 25.2 Å². The smallest absolute Gasteiger partial charge is 0.321 e. The maximum Gasteiger partial charge on any atom is 0.321 e. The van der Waals surface area contributed by atoms with E-state index in [2.05, 4.69) is 9.88 Å². The van der Waals surface area contributed by atoms with Gasteiger partial charge in [0, 0.05) is 54.3 Å². The lowest BCUT2D eigenvalue weighted by atomic mass is 10.1. The second-order valence-electron chi connectivity index (χ2n) is 9.97. The summed E-state index contributed by atoms with van der Waals surface area (Å²) in [6.07, 6.45) is 0. The van der Waals surface area contributed by atoms with Crippen molar-refractivity contribution in [3.63, 3.8) is 0 Å². The number of urea groups is 1. The van der Waals surface area contributed by atoms with Crippen LogP contribution in [0.3, 0.4) is 0 Å². The Kier molecular flexibility index (Phi) is 8.21. The van der Waals surface area contributed by atoms with Crippen LogP contribution >= 0.6 is 11.6 Å². The first-order valence-corrected chi connectivity index (χ1v) is 13.8. The molecule has 1 saturated heterocycles. The van der Waals surface area contributed by atoms with Crippen LogP contribution in [0.25, 0.3) is 16.9 Å². The van der Waals surface area contributed by atoms with Crippen LogP contribution in [-0.2, 0) is 0 Å². The van der Waals surface area contributed by atoms with E-state index in [1.165, 1.54) is 0 Å². The molecule has 0 spiro atoms. The number of benzene rings is 3. The van der Waals surface area contributed by atoms with Gasteiger partial charge in [0.2, 0.25) is 0 Å². The lowest BCUT2D eigenvalue weighted by Crippen LogP contribution is -2.51. The molecule has 212 valence electrons. The normalized spacial score (nSPS) is 13.2. The van der Waals surface area contributed by atoms with Gasteiger partial charge in [-0.2, -0.15) is 0 Å². The lowest BCUT2D eigenvalue weighted by Gasteiger charge is -2.34. The monoisotopic (exact) mass is 572 g/mol. The largest absolute Gasteiger partial charge is 0.497 e. The summed E-state index contributed by atoms with van der Waals surface area (Å²) in [5.41, 5.74) is 5.76. The predicted molar refractivity (Wildman–Crippen MR) is 162 cm³/mol. The molecule has 8 nitrogen and oxygen atoms in total. The van der Waals surface area contributed by atoms with Crippen LogP contribution in [0.5, 0.6) is 11.5 Å². The van der Waals surface area contributed by atoms with Crippen LogP contribution in [-0.4, -0.2) is 66.7 Å². The molecular weight excluding hydrogens is 540 g/mol. The van der Waals surface area contributed by atoms with E-state index in [4.69, 9.17) is 21.1 Å². The average Bonchev–Trinajstić information content (AvgIpc) is 3.35. The van der Waals surface area contributed by atoms with E-state index in [0.717, 1.165) is 39.7 Å². The molecule has 0 saturated carbocycles. The number of aromatic nitrogens is 1. The van der Waals surface area contributed by atoms with Gasteiger partial charge in [-0.05, 0) is 79.6 Å². The van der Waals surface area contributed by atoms with Gasteiger partial charge in [-0.1, -0.05) is 23.7 Å². The van der Waals surface area contributed by atoms with Gasteiger partial charge in [0.1, 0.15) is 11.5 Å². The summed E-state index contributed by atoms with van der Waals surface area (Å²) in [4.78, 5) is 30.2. The van der Waals surface area contributed by atoms with Crippen LogP contribution in [0.15, 0.2) is 72.8 Å². The van der Waals surface area contributed by atoms with Crippen molar-refractivity contribution >= 4 is 29.2 Å². The molecule has 1 aliphatic rings. The van der Waals surface area contributed by atoms with Gasteiger partial charge in [-0.15, -0.1) is 0 Å². The number of amides is 3. The number of ether oxygens (including phenoxy) is 2. The Labute approximate surface area is 245 Å². The molecule has 9 heteroatoms. The van der Waals surface area contributed by atoms with E-state index in [-0.39, 0.29) is 11.9 Å². The van der Waals surface area contributed by atoms with E-state index < -0.39 is 0 Å². The third-order valence-corrected chi connectivity index (χ3v) is 7.86. The first kappa shape index (κ1) is 28.1. The zero-order valence-electron chi connectivity index (χ0n) is 23.6. The van der Waals surface area contributed by atoms with Crippen LogP contribution < -0.4 is 14.8 Å². The fourth-order valence-corrected chi connectivity index (χ4v) is 5.22. The van der Waals surface area contributed by atoms with Crippen molar-refractivity contribution in [3.8, 4) is 28.4 Å². The third-order valence-electron chi connectivity index (χ3n) is 7.45. The Morgan fingerprint density at radius 3 is 2.15 bits per heavy atom. The number of piperazine rings is 1. The lowest BCUT2D eigenvalue weighted by molar-refractivity contribution is 0.0671. The molecule has 2 heterocycles. The highest BCUT2D eigenvalue weighted by Gasteiger charge is 2.28. The molecular formula is C32H33ClN4O4. The summed E-state index contributed by atoms with van der Waals surface area (Å²) < 4.78 is 12.9. The zero-order valence-corrected chi connectivity index (χ0v) is 24.4. The molecule has 0 bridgehead atoms. The SMILES string of the molecule is COc1ccc(-c2cc(C(=O)N3CCN(C(=O)Nc4ccc(C)c(Cl)c4)CC3)c(C)n2-c2cccc(OC)c2)cc1. The summed E-state index contributed by atoms with van der Waals surface area (Å²) in [7, 11) is 3.27. The molecule has 1 aromatic heterocycles. The Bertz CT molecular complexity index is 1570. The van der Waals surface area contributed by atoms with E-state index in [1.807, 2.05) is 85.5 Å². The molecule has 4 aromatic rings. The third kappa shape index (κ3) is 5.88. The highest BCUT2D eigenvalue weighted by atomic mass is 35.5. The molecule has 0 unspecified atom stereocenters. The Morgan fingerprint density at radius 1 is 0.805 bits per heavy atom. The highest BCUT2D eigenvalue weighted by Crippen LogP contribution is 2.32. The molecule has 1 aliphatic heterocycles. The van der Waals surface area contributed by atoms with Crippen molar-refractivity contribution < 1.29 is 19.1 Å². The summed E-state index contributed by atoms with van der Waals surface area (Å²) in [5.74, 6) is 1.42. The van der Waals surface area contributed by atoms with Gasteiger partial charge < -0.3 is 29.2 Å². The molecule has 3 amide bonds. The molecule has 1 N–H and O–H groups in total. The van der Waals surface area contributed by atoms with Crippen molar-refractivity contribution in [3.05, 3.63) is 94.6 Å². The Balaban J connectivity index is 1.37. The zero-order chi connectivity index (χ0) is 29.1. The van der Waals surface area contributed by atoms with E-state index in [0.29, 0.717) is 42.5 Å². The summed E-state index contributed by atoms with van der Waals surface area (Å²) in [6.45, 7) is 5.59. The fraction of sp³-hybridized carbons (Fsp3) is 0.250. The molecule has 5 rings (SSSR count). The standard InChI is InChI=1S/C32H33ClN4O4/c1-21-8-11-24(18-29(21)33)34-32(39)36-16-14-35(15-17-36)31(38)28-20-30(23-9-12-26(40-3)13-10-23)37(22(28)2)25-6-5-7-27(19-25)41-4/h5-13,18-20H,14-17H2,1-4H3,(H,34,39). The van der Waals surface area contributed by atoms with Crippen molar-refractivity contribution in [1.82, 2.24) is 14.4 Å². The van der Waals surface area contributed by atoms with Gasteiger partial charge in [0.05, 0.1) is 25.5 Å². The number of anilines is 1. The quantitative estimate of drug-likeness (QED) is 0.289. The number of rotatable bonds is 6. The summed E-state index contributed by atoms with van der Waals surface area (Å²) in [5, 5.41) is 3.51. The minimum absolute atomic E-state index is 0.0655. The minimum atomic E-state index is -0.209. The molecule has 0 aliphatic carbocycles. The fourth-order valence-electron chi connectivity index (χ4n) is 5.04. The molecule has 0 radical (unpaired) electrons. The maximum absolute atomic E-state index is 13.8. The molecule has 0 atom stereocenters. The van der Waals surface area contributed by atoms with Crippen molar-refractivity contribution in [2.75, 3.05) is 45.7 Å². The summed E-state index contributed by atoms with van der Waals surface area (Å²) in [6, 6.07) is 22.7. The number of halogens is 1. The topological polar surface area (TPSA) is 76.0 Å². The number of nitrogens with zero attached hydrogens (tertiary/aromatic N) is 3. The second-order valence-corrected chi connectivity index (χ2v) is 10.4. The van der Waals surface area contributed by atoms with Crippen molar-refractivity contribution in [2.24, 2.45) is 0 Å². The number of carbonyl (C=O) groups is 2. The molecule has 3 aromatic carbocycles. The van der Waals surface area contributed by atoms with Gasteiger partial charge >= 0.3 is 6.03 Å². The van der Waals surface area contributed by atoms with Crippen LogP contribution in [0.1, 0.15) is 21.6 Å². The number of nitrogens with one attached hydrogen (secondary N) is 1. The highest BCUT2D eigenvalue weighted by molar-refractivity contribution is 6.31. The van der Waals surface area contributed by atoms with Crippen molar-refractivity contribution in [2.45, 2.75) is 13.8 Å². The second kappa shape index (κ2) is 12.0. The number of methoxy groups -OCH3 is 2.